The number of rotatable bonds is 4. The van der Waals surface area contributed by atoms with Gasteiger partial charge in [-0.3, -0.25) is 0 Å². The summed E-state index contributed by atoms with van der Waals surface area (Å²) in [7, 11) is 0. The predicted molar refractivity (Wildman–Crippen MR) is 159 cm³/mol. The van der Waals surface area contributed by atoms with Crippen molar-refractivity contribution in [3.8, 4) is 47.9 Å². The Bertz CT molecular complexity index is 2450. The van der Waals surface area contributed by atoms with Crippen molar-refractivity contribution in [3.63, 3.8) is 0 Å². The molecule has 0 aromatic heterocycles. The number of benzene rings is 3. The fourth-order valence-corrected chi connectivity index (χ4v) is 6.02. The summed E-state index contributed by atoms with van der Waals surface area (Å²) in [6, 6.07) is 9.82. The molecule has 0 radical (unpaired) electrons. The number of ether oxygens (including phenoxy) is 2. The number of halogens is 12. The maximum atomic E-state index is 17.1. The Labute approximate surface area is 298 Å². The van der Waals surface area contributed by atoms with Gasteiger partial charge in [-0.05, 0) is 35.4 Å². The summed E-state index contributed by atoms with van der Waals surface area (Å²) in [5.41, 5.74) is -19.4. The summed E-state index contributed by atoms with van der Waals surface area (Å²) in [6.07, 6.45) is -17.0. The van der Waals surface area contributed by atoms with E-state index in [1.165, 1.54) is 36.4 Å². The number of hydrogen-bond donors (Lipinski definition) is 0. The SMILES string of the molecule is N#CC(C#N)=C1C(c2ccc(F)c(OC(F)(F)F)c2)=C(C#N)c2c(F)c3c(c(C(F)(F)F)c21)C(=C(C#N)C#N)C(c1ccc(F)c(OC(F)(F)F)c1)=C3C#N. The average Bonchev–Trinajstić information content (AvgIpc) is 3.60. The Morgan fingerprint density at radius 3 is 1.13 bits per heavy atom. The highest BCUT2D eigenvalue weighted by atomic mass is 19.4. The van der Waals surface area contributed by atoms with E-state index in [1.807, 2.05) is 0 Å². The zero-order valence-electron chi connectivity index (χ0n) is 26.0. The Kier molecular flexibility index (Phi) is 9.38. The summed E-state index contributed by atoms with van der Waals surface area (Å²) >= 11 is 0. The van der Waals surface area contributed by atoms with E-state index >= 15 is 17.6 Å². The van der Waals surface area contributed by atoms with Gasteiger partial charge >= 0.3 is 18.9 Å². The molecule has 3 aromatic carbocycles. The molecule has 272 valence electrons. The molecule has 8 nitrogen and oxygen atoms in total. The maximum absolute atomic E-state index is 17.1. The van der Waals surface area contributed by atoms with Gasteiger partial charge in [0.15, 0.2) is 23.1 Å². The Hall–Kier alpha value is -7.68. The Balaban J connectivity index is 2.06. The van der Waals surface area contributed by atoms with Crippen molar-refractivity contribution < 1.29 is 62.2 Å². The molecule has 0 saturated heterocycles. The Morgan fingerprint density at radius 2 is 0.855 bits per heavy atom. The minimum Gasteiger partial charge on any atom is -0.403 e. The molecular formula is C35H6F12N6O2. The Morgan fingerprint density at radius 1 is 0.509 bits per heavy atom. The minimum atomic E-state index is -5.86. The van der Waals surface area contributed by atoms with Gasteiger partial charge in [0.25, 0.3) is 0 Å². The van der Waals surface area contributed by atoms with Crippen LogP contribution < -0.4 is 9.47 Å². The van der Waals surface area contributed by atoms with Gasteiger partial charge in [-0.15, -0.1) is 26.3 Å². The second-order valence-electron chi connectivity index (χ2n) is 10.7. The summed E-state index contributed by atoms with van der Waals surface area (Å²) in [4.78, 5) is 0. The quantitative estimate of drug-likeness (QED) is 0.187. The lowest BCUT2D eigenvalue weighted by atomic mass is 9.83. The molecule has 2 aliphatic carbocycles. The van der Waals surface area contributed by atoms with Gasteiger partial charge < -0.3 is 9.47 Å². The van der Waals surface area contributed by atoms with Crippen LogP contribution in [0.25, 0.3) is 33.4 Å². The summed E-state index contributed by atoms with van der Waals surface area (Å²) in [5, 5.41) is 59.9. The van der Waals surface area contributed by atoms with Crippen molar-refractivity contribution in [2.75, 3.05) is 0 Å². The topological polar surface area (TPSA) is 161 Å². The minimum absolute atomic E-state index is 0.218. The molecule has 2 aliphatic rings. The molecule has 0 amide bonds. The van der Waals surface area contributed by atoms with Crippen LogP contribution in [0.2, 0.25) is 0 Å². The number of allylic oxidation sites excluding steroid dienone is 8. The summed E-state index contributed by atoms with van der Waals surface area (Å²) in [6.45, 7) is 0. The third-order valence-electron chi connectivity index (χ3n) is 7.78. The first-order chi connectivity index (χ1) is 25.7. The molecule has 0 unspecified atom stereocenters. The lowest BCUT2D eigenvalue weighted by molar-refractivity contribution is -0.276. The second kappa shape index (κ2) is 13.4. The standard InChI is InChI=1S/C35H6F12N6O2/c36-19-3-1-13(5-21(19)54-34(42,43)44)23-17(11-52)27-29(25(23)15(7-48)8-49)31(33(39,40)41)30-26(16(9-50)10-51)24(18(12-53)28(30)32(27)38)14-2-4-20(37)22(6-14)55-35(45,46)47/h1-6H. The molecule has 0 spiro atoms. The molecule has 5 rings (SSSR count). The molecule has 0 saturated carbocycles. The van der Waals surface area contributed by atoms with Gasteiger partial charge in [0.1, 0.15) is 53.4 Å². The van der Waals surface area contributed by atoms with Crippen molar-refractivity contribution in [1.82, 2.24) is 0 Å². The molecule has 0 N–H and O–H groups in total. The average molecular weight is 770 g/mol. The first kappa shape index (κ1) is 38.5. The third-order valence-corrected chi connectivity index (χ3v) is 7.78. The van der Waals surface area contributed by atoms with E-state index in [0.717, 1.165) is 0 Å². The number of alkyl halides is 9. The van der Waals surface area contributed by atoms with Crippen molar-refractivity contribution in [2.45, 2.75) is 18.9 Å². The zero-order valence-corrected chi connectivity index (χ0v) is 26.0. The molecular weight excluding hydrogens is 764 g/mol. The fraction of sp³-hybridized carbons (Fsp3) is 0.0857. The van der Waals surface area contributed by atoms with E-state index in [4.69, 9.17) is 0 Å². The summed E-state index contributed by atoms with van der Waals surface area (Å²) in [5.74, 6) is -8.59. The highest BCUT2D eigenvalue weighted by Gasteiger charge is 2.50. The summed E-state index contributed by atoms with van der Waals surface area (Å²) < 4.78 is 178. The number of nitrogens with zero attached hydrogens (tertiary/aromatic N) is 6. The zero-order chi connectivity index (χ0) is 40.9. The van der Waals surface area contributed by atoms with Crippen LogP contribution in [0.1, 0.15) is 38.9 Å². The van der Waals surface area contributed by atoms with Crippen molar-refractivity contribution >= 4 is 33.4 Å². The smallest absolute Gasteiger partial charge is 0.403 e. The van der Waals surface area contributed by atoms with Crippen LogP contribution in [0.15, 0.2) is 47.5 Å². The monoisotopic (exact) mass is 770 g/mol. The van der Waals surface area contributed by atoms with E-state index in [-0.39, 0.29) is 12.1 Å². The first-order valence-corrected chi connectivity index (χ1v) is 14.2. The molecule has 0 fully saturated rings. The van der Waals surface area contributed by atoms with Gasteiger partial charge in [0, 0.05) is 44.5 Å². The van der Waals surface area contributed by atoms with Gasteiger partial charge in [0.05, 0.1) is 16.7 Å². The first-order valence-electron chi connectivity index (χ1n) is 14.2. The van der Waals surface area contributed by atoms with E-state index in [9.17, 15) is 66.7 Å². The number of nitriles is 6. The van der Waals surface area contributed by atoms with E-state index in [0.29, 0.717) is 24.3 Å². The van der Waals surface area contributed by atoms with Crippen molar-refractivity contribution in [3.05, 3.63) is 104 Å². The van der Waals surface area contributed by atoms with Crippen LogP contribution in [0.5, 0.6) is 11.5 Å². The van der Waals surface area contributed by atoms with Gasteiger partial charge in [-0.25, -0.2) is 13.2 Å². The van der Waals surface area contributed by atoms with E-state index in [1.54, 1.807) is 0 Å². The van der Waals surface area contributed by atoms with Crippen LogP contribution >= 0.6 is 0 Å². The van der Waals surface area contributed by atoms with Gasteiger partial charge in [0.2, 0.25) is 0 Å². The molecule has 0 heterocycles. The van der Waals surface area contributed by atoms with E-state index in [2.05, 4.69) is 9.47 Å². The van der Waals surface area contributed by atoms with Crippen molar-refractivity contribution in [2.24, 2.45) is 0 Å². The van der Waals surface area contributed by atoms with Gasteiger partial charge in [-0.1, -0.05) is 12.1 Å². The molecule has 55 heavy (non-hydrogen) atoms. The van der Waals surface area contributed by atoms with Gasteiger partial charge in [-0.2, -0.15) is 44.7 Å². The second-order valence-corrected chi connectivity index (χ2v) is 10.7. The molecule has 20 heteroatoms. The van der Waals surface area contributed by atoms with Crippen LogP contribution in [0.3, 0.4) is 0 Å². The molecule has 0 atom stereocenters. The molecule has 0 aliphatic heterocycles. The third kappa shape index (κ3) is 6.50. The fourth-order valence-electron chi connectivity index (χ4n) is 6.02. The normalized spacial score (nSPS) is 13.5. The van der Waals surface area contributed by atoms with Crippen molar-refractivity contribution in [1.29, 1.82) is 31.6 Å². The predicted octanol–water partition coefficient (Wildman–Crippen LogP) is 9.42. The number of hydrogen-bond acceptors (Lipinski definition) is 8. The maximum Gasteiger partial charge on any atom is 0.573 e. The largest absolute Gasteiger partial charge is 0.573 e. The van der Waals surface area contributed by atoms with Crippen LogP contribution in [0, 0.1) is 85.4 Å². The van der Waals surface area contributed by atoms with Crippen LogP contribution in [0.4, 0.5) is 52.7 Å². The van der Waals surface area contributed by atoms with Crippen LogP contribution in [-0.4, -0.2) is 12.7 Å². The molecule has 3 aromatic rings. The lowest BCUT2D eigenvalue weighted by Crippen LogP contribution is -2.18. The van der Waals surface area contributed by atoms with Crippen LogP contribution in [-0.2, 0) is 6.18 Å². The lowest BCUT2D eigenvalue weighted by Gasteiger charge is -2.21. The highest BCUT2D eigenvalue weighted by molar-refractivity contribution is 6.31. The molecule has 0 bridgehead atoms. The number of fused-ring (bicyclic) bond motifs is 2. The highest BCUT2D eigenvalue weighted by Crippen LogP contribution is 2.60. The van der Waals surface area contributed by atoms with E-state index < -0.39 is 131 Å².